The van der Waals surface area contributed by atoms with Gasteiger partial charge in [0.25, 0.3) is 0 Å². The molecule has 1 unspecified atom stereocenters. The van der Waals surface area contributed by atoms with Crippen molar-refractivity contribution in [2.75, 3.05) is 6.61 Å². The first-order chi connectivity index (χ1) is 12.0. The fraction of sp³-hybridized carbons (Fsp3) is 0.579. The molecule has 0 heterocycles. The number of benzene rings is 1. The van der Waals surface area contributed by atoms with Crippen molar-refractivity contribution in [2.24, 2.45) is 5.92 Å². The van der Waals surface area contributed by atoms with Crippen LogP contribution in [0.1, 0.15) is 57.6 Å². The molecular weight excluding hydrogens is 320 g/mol. The third-order valence-electron chi connectivity index (χ3n) is 4.72. The second kappa shape index (κ2) is 9.30. The van der Waals surface area contributed by atoms with Crippen molar-refractivity contribution in [1.29, 1.82) is 0 Å². The Bertz CT molecular complexity index is 583. The van der Waals surface area contributed by atoms with Crippen LogP contribution in [0.4, 0.5) is 4.79 Å². The molecule has 2 rings (SSSR count). The third kappa shape index (κ3) is 5.37. The lowest BCUT2D eigenvalue weighted by atomic mass is 9.86. The monoisotopic (exact) mass is 348 g/mol. The van der Waals surface area contributed by atoms with Gasteiger partial charge >= 0.3 is 12.0 Å². The zero-order valence-corrected chi connectivity index (χ0v) is 15.0. The van der Waals surface area contributed by atoms with Crippen LogP contribution in [-0.4, -0.2) is 29.8 Å². The molecule has 6 heteroatoms. The fourth-order valence-corrected chi connectivity index (χ4v) is 3.33. The fourth-order valence-electron chi connectivity index (χ4n) is 3.33. The second-order valence-electron chi connectivity index (χ2n) is 6.44. The molecule has 6 nitrogen and oxygen atoms in total. The Labute approximate surface area is 149 Å². The highest BCUT2D eigenvalue weighted by atomic mass is 16.5. The predicted molar refractivity (Wildman–Crippen MR) is 95.7 cm³/mol. The molecule has 1 fully saturated rings. The zero-order chi connectivity index (χ0) is 18.2. The Kier molecular flexibility index (Phi) is 7.10. The second-order valence-corrected chi connectivity index (χ2v) is 6.44. The van der Waals surface area contributed by atoms with Gasteiger partial charge < -0.3 is 20.5 Å². The normalized spacial score (nSPS) is 21.2. The Morgan fingerprint density at radius 3 is 2.48 bits per heavy atom. The smallest absolute Gasteiger partial charge is 0.315 e. The number of nitrogens with one attached hydrogen (secondary N) is 2. The van der Waals surface area contributed by atoms with Gasteiger partial charge in [-0.05, 0) is 45.1 Å². The number of carbonyl (C=O) groups is 2. The quantitative estimate of drug-likeness (QED) is 0.704. The molecule has 3 N–H and O–H groups in total. The predicted octanol–water partition coefficient (Wildman–Crippen LogP) is 3.48. The summed E-state index contributed by atoms with van der Waals surface area (Å²) in [6, 6.07) is 7.44. The van der Waals surface area contributed by atoms with Gasteiger partial charge in [-0.3, -0.25) is 4.79 Å². The van der Waals surface area contributed by atoms with Gasteiger partial charge in [0.2, 0.25) is 0 Å². The van der Waals surface area contributed by atoms with E-state index >= 15 is 0 Å². The highest BCUT2D eigenvalue weighted by Gasteiger charge is 2.27. The number of aliphatic carboxylic acids is 1. The summed E-state index contributed by atoms with van der Waals surface area (Å²) in [5.41, 5.74) is 0.969. The molecule has 1 aliphatic carbocycles. The van der Waals surface area contributed by atoms with Crippen molar-refractivity contribution >= 4 is 12.0 Å². The first kappa shape index (κ1) is 19.1. The van der Waals surface area contributed by atoms with Crippen LogP contribution in [0.3, 0.4) is 0 Å². The molecule has 1 aromatic carbocycles. The molecular formula is C19H28N2O4. The summed E-state index contributed by atoms with van der Waals surface area (Å²) in [4.78, 5) is 23.4. The minimum Gasteiger partial charge on any atom is -0.494 e. The van der Waals surface area contributed by atoms with Crippen LogP contribution in [0.15, 0.2) is 24.3 Å². The van der Waals surface area contributed by atoms with Crippen LogP contribution in [0, 0.1) is 5.92 Å². The van der Waals surface area contributed by atoms with E-state index in [1.54, 1.807) is 0 Å². The largest absolute Gasteiger partial charge is 0.494 e. The summed E-state index contributed by atoms with van der Waals surface area (Å²) in [5, 5.41) is 15.0. The van der Waals surface area contributed by atoms with Crippen molar-refractivity contribution in [3.05, 3.63) is 29.8 Å². The molecule has 1 saturated carbocycles. The first-order valence-electron chi connectivity index (χ1n) is 9.06. The Morgan fingerprint density at radius 2 is 1.88 bits per heavy atom. The van der Waals surface area contributed by atoms with E-state index in [1.165, 1.54) is 0 Å². The Balaban J connectivity index is 1.91. The lowest BCUT2D eigenvalue weighted by Crippen LogP contribution is -2.45. The molecule has 0 aromatic heterocycles. The van der Waals surface area contributed by atoms with Crippen LogP contribution >= 0.6 is 0 Å². The molecule has 0 aliphatic heterocycles. The maximum absolute atomic E-state index is 12.4. The molecule has 1 aromatic rings. The van der Waals surface area contributed by atoms with Crippen molar-refractivity contribution in [1.82, 2.24) is 10.6 Å². The maximum Gasteiger partial charge on any atom is 0.315 e. The average molecular weight is 348 g/mol. The van der Waals surface area contributed by atoms with E-state index < -0.39 is 5.97 Å². The molecule has 0 bridgehead atoms. The lowest BCUT2D eigenvalue weighted by molar-refractivity contribution is -0.142. The van der Waals surface area contributed by atoms with Gasteiger partial charge in [-0.25, -0.2) is 4.79 Å². The number of urea groups is 1. The summed E-state index contributed by atoms with van der Waals surface area (Å²) in [6.45, 7) is 4.53. The van der Waals surface area contributed by atoms with Crippen LogP contribution in [0.5, 0.6) is 5.75 Å². The minimum atomic E-state index is -0.735. The highest BCUT2D eigenvalue weighted by Crippen LogP contribution is 2.28. The van der Waals surface area contributed by atoms with Crippen molar-refractivity contribution in [3.8, 4) is 5.75 Å². The number of ether oxygens (including phenoxy) is 1. The maximum atomic E-state index is 12.4. The van der Waals surface area contributed by atoms with Gasteiger partial charge in [-0.2, -0.15) is 0 Å². The van der Waals surface area contributed by atoms with Gasteiger partial charge in [0, 0.05) is 11.6 Å². The molecule has 0 radical (unpaired) electrons. The zero-order valence-electron chi connectivity index (χ0n) is 15.0. The van der Waals surface area contributed by atoms with E-state index in [9.17, 15) is 9.59 Å². The van der Waals surface area contributed by atoms with Gasteiger partial charge in [-0.1, -0.05) is 25.1 Å². The number of para-hydroxylation sites is 1. The molecule has 2 amide bonds. The Morgan fingerprint density at radius 1 is 1.20 bits per heavy atom. The van der Waals surface area contributed by atoms with E-state index in [4.69, 9.17) is 9.84 Å². The van der Waals surface area contributed by atoms with Crippen LogP contribution in [0.25, 0.3) is 0 Å². The standard InChI is InChI=1S/C19H28N2O4/c1-3-16(15-7-5-6-8-17(15)25-4-2)21-19(24)20-14-11-9-13(10-12-14)18(22)23/h5-8,13-14,16H,3-4,9-12H2,1-2H3,(H,22,23)(H2,20,21,24). The van der Waals surface area contributed by atoms with Crippen molar-refractivity contribution in [3.63, 3.8) is 0 Å². The number of hydrogen-bond acceptors (Lipinski definition) is 3. The third-order valence-corrected chi connectivity index (χ3v) is 4.72. The molecule has 0 spiro atoms. The minimum absolute atomic E-state index is 0.0373. The van der Waals surface area contributed by atoms with Crippen LogP contribution in [-0.2, 0) is 4.79 Å². The van der Waals surface area contributed by atoms with Gasteiger partial charge in [0.1, 0.15) is 5.75 Å². The molecule has 0 saturated heterocycles. The lowest BCUT2D eigenvalue weighted by Gasteiger charge is -2.28. The van der Waals surface area contributed by atoms with Crippen LogP contribution in [0.2, 0.25) is 0 Å². The number of carbonyl (C=O) groups excluding carboxylic acids is 1. The van der Waals surface area contributed by atoms with E-state index in [-0.39, 0.29) is 24.0 Å². The summed E-state index contributed by atoms with van der Waals surface area (Å²) < 4.78 is 5.66. The van der Waals surface area contributed by atoms with Gasteiger partial charge in [-0.15, -0.1) is 0 Å². The SMILES string of the molecule is CCOc1ccccc1C(CC)NC(=O)NC1CCC(C(=O)O)CC1. The molecule has 1 atom stereocenters. The van der Waals surface area contributed by atoms with E-state index in [2.05, 4.69) is 10.6 Å². The number of carboxylic acids is 1. The molecule has 1 aliphatic rings. The number of hydrogen-bond donors (Lipinski definition) is 3. The Hall–Kier alpha value is -2.24. The van der Waals surface area contributed by atoms with E-state index in [1.807, 2.05) is 38.1 Å². The summed E-state index contributed by atoms with van der Waals surface area (Å²) in [6.07, 6.45) is 3.39. The summed E-state index contributed by atoms with van der Waals surface area (Å²) in [7, 11) is 0. The van der Waals surface area contributed by atoms with Gasteiger partial charge in [0.05, 0.1) is 18.6 Å². The summed E-state index contributed by atoms with van der Waals surface area (Å²) >= 11 is 0. The number of carboxylic acid groups (broad SMARTS) is 1. The summed E-state index contributed by atoms with van der Waals surface area (Å²) in [5.74, 6) is -0.219. The van der Waals surface area contributed by atoms with Crippen molar-refractivity contribution < 1.29 is 19.4 Å². The molecule has 25 heavy (non-hydrogen) atoms. The number of amides is 2. The average Bonchev–Trinajstić information content (AvgIpc) is 2.61. The topological polar surface area (TPSA) is 87.7 Å². The van der Waals surface area contributed by atoms with E-state index in [0.29, 0.717) is 32.3 Å². The van der Waals surface area contributed by atoms with Crippen molar-refractivity contribution in [2.45, 2.75) is 58.0 Å². The highest BCUT2D eigenvalue weighted by molar-refractivity contribution is 5.75. The first-order valence-corrected chi connectivity index (χ1v) is 9.06. The van der Waals surface area contributed by atoms with E-state index in [0.717, 1.165) is 17.7 Å². The molecule has 138 valence electrons. The number of rotatable bonds is 7. The van der Waals surface area contributed by atoms with Crippen LogP contribution < -0.4 is 15.4 Å². The van der Waals surface area contributed by atoms with Gasteiger partial charge in [0.15, 0.2) is 0 Å².